The molecule has 0 aliphatic carbocycles. The van der Waals surface area contributed by atoms with Crippen molar-refractivity contribution in [3.8, 4) is 0 Å². The normalized spacial score (nSPS) is 21.3. The fraction of sp³-hybridized carbons (Fsp3) is 0.545. The lowest BCUT2D eigenvalue weighted by molar-refractivity contribution is 0.316. The fourth-order valence-corrected chi connectivity index (χ4v) is 2.22. The zero-order valence-electron chi connectivity index (χ0n) is 9.41. The van der Waals surface area contributed by atoms with Crippen LogP contribution in [0.15, 0.2) is 12.1 Å². The number of hydrogen-bond donors (Lipinski definition) is 2. The lowest BCUT2D eigenvalue weighted by atomic mass is 10.2. The molecule has 0 aromatic carbocycles. The zero-order valence-corrected chi connectivity index (χ0v) is 10.2. The third kappa shape index (κ3) is 2.64. The zero-order chi connectivity index (χ0) is 11.5. The van der Waals surface area contributed by atoms with Crippen molar-refractivity contribution in [2.45, 2.75) is 19.9 Å². The second-order valence-electron chi connectivity index (χ2n) is 4.40. The van der Waals surface area contributed by atoms with Crippen LogP contribution in [0.25, 0.3) is 0 Å². The molecule has 0 spiro atoms. The van der Waals surface area contributed by atoms with Gasteiger partial charge in [0, 0.05) is 13.1 Å². The number of rotatable bonds is 3. The molecule has 0 radical (unpaired) electrons. The van der Waals surface area contributed by atoms with Gasteiger partial charge in [-0.15, -0.1) is 0 Å². The van der Waals surface area contributed by atoms with Crippen LogP contribution in [0.2, 0.25) is 5.02 Å². The van der Waals surface area contributed by atoms with Gasteiger partial charge in [0.25, 0.3) is 0 Å². The summed E-state index contributed by atoms with van der Waals surface area (Å²) in [5, 5.41) is 0.707. The number of anilines is 1. The molecule has 2 heterocycles. The molecule has 5 heteroatoms. The number of nitrogens with zero attached hydrogens (tertiary/aromatic N) is 2. The maximum atomic E-state index is 6.11. The van der Waals surface area contributed by atoms with Crippen LogP contribution in [0.1, 0.15) is 19.0 Å². The van der Waals surface area contributed by atoms with E-state index < -0.39 is 0 Å². The van der Waals surface area contributed by atoms with Gasteiger partial charge in [-0.2, -0.15) is 0 Å². The topological polar surface area (TPSA) is 54.2 Å². The van der Waals surface area contributed by atoms with E-state index in [2.05, 4.69) is 22.2 Å². The summed E-state index contributed by atoms with van der Waals surface area (Å²) in [6, 6.07) is 3.61. The number of likely N-dealkylation sites (tertiary alicyclic amines) is 1. The standard InChI is InChI=1S/C11H17ClN4/c1-8-4-5-16(6-8)7-10-9(12)2-3-11(14-10)15-13/h2-3,8H,4-7,13H2,1H3,(H,14,15). The Hall–Kier alpha value is -0.840. The largest absolute Gasteiger partial charge is 0.308 e. The SMILES string of the molecule is CC1CCN(Cc2nc(NN)ccc2Cl)C1. The van der Waals surface area contributed by atoms with Crippen LogP contribution in [0, 0.1) is 5.92 Å². The van der Waals surface area contributed by atoms with Crippen LogP contribution < -0.4 is 11.3 Å². The lowest BCUT2D eigenvalue weighted by Gasteiger charge is -2.16. The Balaban J connectivity index is 2.08. The van der Waals surface area contributed by atoms with Gasteiger partial charge < -0.3 is 5.43 Å². The van der Waals surface area contributed by atoms with Gasteiger partial charge in [0.1, 0.15) is 5.82 Å². The molecule has 1 aliphatic rings. The van der Waals surface area contributed by atoms with Crippen molar-refractivity contribution in [3.63, 3.8) is 0 Å². The number of nitrogen functional groups attached to an aromatic ring is 1. The number of hydrazine groups is 1. The highest BCUT2D eigenvalue weighted by atomic mass is 35.5. The second kappa shape index (κ2) is 4.99. The Bertz CT molecular complexity index is 369. The molecule has 1 unspecified atom stereocenters. The van der Waals surface area contributed by atoms with Gasteiger partial charge in [0.2, 0.25) is 0 Å². The monoisotopic (exact) mass is 240 g/mol. The minimum atomic E-state index is 0.659. The van der Waals surface area contributed by atoms with Crippen molar-refractivity contribution in [2.24, 2.45) is 11.8 Å². The molecule has 1 fully saturated rings. The van der Waals surface area contributed by atoms with Crippen molar-refractivity contribution in [2.75, 3.05) is 18.5 Å². The first kappa shape index (κ1) is 11.6. The molecule has 1 atom stereocenters. The van der Waals surface area contributed by atoms with E-state index in [1.165, 1.54) is 6.42 Å². The number of hydrogen-bond acceptors (Lipinski definition) is 4. The molecule has 3 N–H and O–H groups in total. The quantitative estimate of drug-likeness (QED) is 0.626. The molecule has 0 bridgehead atoms. The van der Waals surface area contributed by atoms with Crippen molar-refractivity contribution in [3.05, 3.63) is 22.8 Å². The summed E-state index contributed by atoms with van der Waals surface area (Å²) in [6.07, 6.45) is 1.26. The van der Waals surface area contributed by atoms with Crippen molar-refractivity contribution in [1.82, 2.24) is 9.88 Å². The summed E-state index contributed by atoms with van der Waals surface area (Å²) in [4.78, 5) is 6.74. The number of nitrogens with two attached hydrogens (primary N) is 1. The first-order chi connectivity index (χ1) is 7.69. The Morgan fingerprint density at radius 1 is 1.62 bits per heavy atom. The summed E-state index contributed by atoms with van der Waals surface area (Å²) < 4.78 is 0. The van der Waals surface area contributed by atoms with E-state index in [4.69, 9.17) is 17.4 Å². The van der Waals surface area contributed by atoms with Crippen LogP contribution in [0.3, 0.4) is 0 Å². The smallest absolute Gasteiger partial charge is 0.140 e. The molecule has 1 aromatic heterocycles. The molecule has 4 nitrogen and oxygen atoms in total. The number of pyridine rings is 1. The highest BCUT2D eigenvalue weighted by molar-refractivity contribution is 6.31. The highest BCUT2D eigenvalue weighted by Gasteiger charge is 2.19. The molecule has 16 heavy (non-hydrogen) atoms. The van der Waals surface area contributed by atoms with Crippen molar-refractivity contribution in [1.29, 1.82) is 0 Å². The molecule has 1 saturated heterocycles. The van der Waals surface area contributed by atoms with E-state index in [1.807, 2.05) is 6.07 Å². The summed E-state index contributed by atoms with van der Waals surface area (Å²) >= 11 is 6.11. The van der Waals surface area contributed by atoms with E-state index >= 15 is 0 Å². The minimum Gasteiger partial charge on any atom is -0.308 e. The van der Waals surface area contributed by atoms with Gasteiger partial charge >= 0.3 is 0 Å². The first-order valence-corrected chi connectivity index (χ1v) is 5.91. The van der Waals surface area contributed by atoms with Crippen LogP contribution >= 0.6 is 11.6 Å². The average molecular weight is 241 g/mol. The third-order valence-corrected chi connectivity index (χ3v) is 3.29. The van der Waals surface area contributed by atoms with Crippen molar-refractivity contribution >= 4 is 17.4 Å². The van der Waals surface area contributed by atoms with Crippen molar-refractivity contribution < 1.29 is 0 Å². The van der Waals surface area contributed by atoms with E-state index in [0.717, 1.165) is 31.2 Å². The predicted octanol–water partition coefficient (Wildman–Crippen LogP) is 1.86. The third-order valence-electron chi connectivity index (χ3n) is 2.95. The Morgan fingerprint density at radius 3 is 3.06 bits per heavy atom. The van der Waals surface area contributed by atoms with E-state index in [1.54, 1.807) is 6.07 Å². The van der Waals surface area contributed by atoms with E-state index in [9.17, 15) is 0 Å². The van der Waals surface area contributed by atoms with Gasteiger partial charge in [-0.25, -0.2) is 10.8 Å². The molecule has 1 aromatic rings. The molecule has 0 saturated carbocycles. The van der Waals surface area contributed by atoms with Crippen LogP contribution in [0.5, 0.6) is 0 Å². The molecular formula is C11H17ClN4. The van der Waals surface area contributed by atoms with Gasteiger partial charge in [0.05, 0.1) is 10.7 Å². The van der Waals surface area contributed by atoms with Crippen LogP contribution in [0.4, 0.5) is 5.82 Å². The van der Waals surface area contributed by atoms with Crippen LogP contribution in [-0.4, -0.2) is 23.0 Å². The molecule has 88 valence electrons. The van der Waals surface area contributed by atoms with E-state index in [0.29, 0.717) is 10.8 Å². The van der Waals surface area contributed by atoms with E-state index in [-0.39, 0.29) is 0 Å². The van der Waals surface area contributed by atoms with Gasteiger partial charge in [-0.1, -0.05) is 18.5 Å². The van der Waals surface area contributed by atoms with Gasteiger partial charge in [-0.3, -0.25) is 4.90 Å². The minimum absolute atomic E-state index is 0.659. The highest BCUT2D eigenvalue weighted by Crippen LogP contribution is 2.22. The number of halogens is 1. The van der Waals surface area contributed by atoms with Crippen LogP contribution in [-0.2, 0) is 6.54 Å². The summed E-state index contributed by atoms with van der Waals surface area (Å²) in [6.45, 7) is 5.32. The maximum Gasteiger partial charge on any atom is 0.140 e. The number of nitrogens with one attached hydrogen (secondary N) is 1. The van der Waals surface area contributed by atoms with Gasteiger partial charge in [-0.05, 0) is 31.0 Å². The second-order valence-corrected chi connectivity index (χ2v) is 4.81. The first-order valence-electron chi connectivity index (χ1n) is 5.53. The summed E-state index contributed by atoms with van der Waals surface area (Å²) in [7, 11) is 0. The fourth-order valence-electron chi connectivity index (χ4n) is 2.06. The maximum absolute atomic E-state index is 6.11. The Labute approximate surface area is 101 Å². The average Bonchev–Trinajstić information content (AvgIpc) is 2.67. The predicted molar refractivity (Wildman–Crippen MR) is 66.1 cm³/mol. The number of aromatic nitrogens is 1. The Kier molecular flexibility index (Phi) is 3.63. The molecule has 1 aliphatic heterocycles. The summed E-state index contributed by atoms with van der Waals surface area (Å²) in [5.41, 5.74) is 3.43. The molecular weight excluding hydrogens is 224 g/mol. The van der Waals surface area contributed by atoms with Gasteiger partial charge in [0.15, 0.2) is 0 Å². The Morgan fingerprint density at radius 2 is 2.44 bits per heavy atom. The lowest BCUT2D eigenvalue weighted by Crippen LogP contribution is -2.21. The molecule has 0 amide bonds. The molecule has 2 rings (SSSR count). The summed E-state index contributed by atoms with van der Waals surface area (Å²) in [5.74, 6) is 6.76.